The molecule has 0 spiro atoms. The van der Waals surface area contributed by atoms with Gasteiger partial charge >= 0.3 is 0 Å². The van der Waals surface area contributed by atoms with Crippen molar-refractivity contribution in [1.82, 2.24) is 4.98 Å². The second-order valence-corrected chi connectivity index (χ2v) is 5.39. The van der Waals surface area contributed by atoms with Crippen molar-refractivity contribution in [1.29, 1.82) is 0 Å². The van der Waals surface area contributed by atoms with E-state index >= 15 is 0 Å². The van der Waals surface area contributed by atoms with Gasteiger partial charge in [-0.05, 0) is 40.2 Å². The zero-order valence-corrected chi connectivity index (χ0v) is 11.7. The fourth-order valence-electron chi connectivity index (χ4n) is 2.41. The summed E-state index contributed by atoms with van der Waals surface area (Å²) in [6, 6.07) is 7.70. The molecule has 1 aromatic carbocycles. The van der Waals surface area contributed by atoms with Crippen LogP contribution in [0.5, 0.6) is 0 Å². The third-order valence-corrected chi connectivity index (χ3v) is 3.99. The van der Waals surface area contributed by atoms with E-state index in [2.05, 4.69) is 26.8 Å². The molecule has 1 aliphatic heterocycles. The fourth-order valence-corrected chi connectivity index (χ4v) is 2.86. The van der Waals surface area contributed by atoms with Crippen molar-refractivity contribution in [3.8, 4) is 12.3 Å². The number of hydrogen-bond donors (Lipinski definition) is 0. The van der Waals surface area contributed by atoms with Crippen LogP contribution in [0.1, 0.15) is 6.42 Å². The lowest BCUT2D eigenvalue weighted by atomic mass is 10.1. The highest BCUT2D eigenvalue weighted by molar-refractivity contribution is 9.10. The van der Waals surface area contributed by atoms with Crippen molar-refractivity contribution < 1.29 is 4.79 Å². The lowest BCUT2D eigenvalue weighted by molar-refractivity contribution is -0.117. The Balaban J connectivity index is 2.14. The van der Waals surface area contributed by atoms with Crippen LogP contribution in [-0.4, -0.2) is 17.4 Å². The minimum atomic E-state index is 0.00266. The number of pyridine rings is 1. The molecule has 1 aromatic heterocycles. The number of aromatic nitrogens is 1. The minimum absolute atomic E-state index is 0.00266. The quantitative estimate of drug-likeness (QED) is 0.758. The number of nitrogens with zero attached hydrogens (tertiary/aromatic N) is 2. The number of hydrogen-bond acceptors (Lipinski definition) is 2. The topological polar surface area (TPSA) is 33.2 Å². The second-order valence-electron chi connectivity index (χ2n) is 4.54. The first-order valence-electron chi connectivity index (χ1n) is 6.00. The Morgan fingerprint density at radius 2 is 2.26 bits per heavy atom. The van der Waals surface area contributed by atoms with Gasteiger partial charge in [0.15, 0.2) is 0 Å². The van der Waals surface area contributed by atoms with Crippen LogP contribution in [0, 0.1) is 18.3 Å². The summed E-state index contributed by atoms with van der Waals surface area (Å²) in [6.45, 7) is 0.584. The Morgan fingerprint density at radius 3 is 3.00 bits per heavy atom. The number of terminal acetylenes is 1. The molecule has 0 aliphatic carbocycles. The number of carbonyl (C=O) groups is 1. The van der Waals surface area contributed by atoms with Crippen molar-refractivity contribution in [2.45, 2.75) is 6.42 Å². The molecule has 1 saturated heterocycles. The Bertz CT molecular complexity index is 705. The first-order valence-corrected chi connectivity index (χ1v) is 6.79. The Labute approximate surface area is 119 Å². The SMILES string of the molecule is C#CC1CC(=O)N(c2ccc(Br)c3ncccc23)C1. The van der Waals surface area contributed by atoms with E-state index in [1.54, 1.807) is 11.1 Å². The number of rotatable bonds is 1. The van der Waals surface area contributed by atoms with E-state index in [0.717, 1.165) is 21.1 Å². The van der Waals surface area contributed by atoms with Gasteiger partial charge in [-0.25, -0.2) is 0 Å². The van der Waals surface area contributed by atoms with E-state index in [9.17, 15) is 4.79 Å². The second kappa shape index (κ2) is 4.67. The highest BCUT2D eigenvalue weighted by Crippen LogP contribution is 2.34. The lowest BCUT2D eigenvalue weighted by Crippen LogP contribution is -2.24. The van der Waals surface area contributed by atoms with E-state index < -0.39 is 0 Å². The summed E-state index contributed by atoms with van der Waals surface area (Å²) in [5.41, 5.74) is 1.74. The summed E-state index contributed by atoms with van der Waals surface area (Å²) in [6.07, 6.45) is 7.59. The van der Waals surface area contributed by atoms with Crippen LogP contribution < -0.4 is 4.90 Å². The van der Waals surface area contributed by atoms with Gasteiger partial charge < -0.3 is 4.90 Å². The van der Waals surface area contributed by atoms with Gasteiger partial charge in [0.1, 0.15) is 0 Å². The molecule has 4 heteroatoms. The van der Waals surface area contributed by atoms with Gasteiger partial charge in [-0.15, -0.1) is 12.3 Å². The minimum Gasteiger partial charge on any atom is -0.310 e. The third-order valence-electron chi connectivity index (χ3n) is 3.35. The monoisotopic (exact) mass is 314 g/mol. The van der Waals surface area contributed by atoms with E-state index in [-0.39, 0.29) is 11.8 Å². The van der Waals surface area contributed by atoms with Crippen LogP contribution in [0.2, 0.25) is 0 Å². The smallest absolute Gasteiger partial charge is 0.228 e. The number of amides is 1. The molecule has 1 unspecified atom stereocenters. The van der Waals surface area contributed by atoms with Crippen molar-refractivity contribution in [3.05, 3.63) is 34.9 Å². The Kier molecular flexibility index (Phi) is 3.00. The number of fused-ring (bicyclic) bond motifs is 1. The number of benzene rings is 1. The maximum atomic E-state index is 12.1. The summed E-state index contributed by atoms with van der Waals surface area (Å²) in [7, 11) is 0. The lowest BCUT2D eigenvalue weighted by Gasteiger charge is -2.18. The maximum absolute atomic E-state index is 12.1. The van der Waals surface area contributed by atoms with Gasteiger partial charge in [-0.1, -0.05) is 0 Å². The molecule has 0 radical (unpaired) electrons. The molecular weight excluding hydrogens is 304 g/mol. The van der Waals surface area contributed by atoms with Gasteiger partial charge in [-0.2, -0.15) is 0 Å². The van der Waals surface area contributed by atoms with E-state index in [1.807, 2.05) is 24.3 Å². The van der Waals surface area contributed by atoms with Crippen LogP contribution in [0.3, 0.4) is 0 Å². The number of anilines is 1. The molecule has 0 saturated carbocycles. The molecule has 3 nitrogen and oxygen atoms in total. The van der Waals surface area contributed by atoms with E-state index in [4.69, 9.17) is 6.42 Å². The van der Waals surface area contributed by atoms with Crippen LogP contribution in [0.4, 0.5) is 5.69 Å². The van der Waals surface area contributed by atoms with Crippen LogP contribution in [0.15, 0.2) is 34.9 Å². The molecule has 2 heterocycles. The molecule has 0 bridgehead atoms. The zero-order valence-electron chi connectivity index (χ0n) is 10.1. The molecule has 1 amide bonds. The van der Waals surface area contributed by atoms with Crippen molar-refractivity contribution in [2.24, 2.45) is 5.92 Å². The predicted molar refractivity (Wildman–Crippen MR) is 78.7 cm³/mol. The summed E-state index contributed by atoms with van der Waals surface area (Å²) < 4.78 is 0.923. The van der Waals surface area contributed by atoms with E-state index in [0.29, 0.717) is 13.0 Å². The van der Waals surface area contributed by atoms with E-state index in [1.165, 1.54) is 0 Å². The summed E-state index contributed by atoms with van der Waals surface area (Å²) >= 11 is 3.48. The molecule has 1 atom stereocenters. The predicted octanol–water partition coefficient (Wildman–Crippen LogP) is 2.98. The molecule has 3 rings (SSSR count). The zero-order chi connectivity index (χ0) is 13.4. The van der Waals surface area contributed by atoms with Crippen LogP contribution in [-0.2, 0) is 4.79 Å². The molecule has 19 heavy (non-hydrogen) atoms. The first-order chi connectivity index (χ1) is 9.20. The van der Waals surface area contributed by atoms with Crippen molar-refractivity contribution >= 4 is 38.4 Å². The van der Waals surface area contributed by atoms with Gasteiger partial charge in [0.05, 0.1) is 11.2 Å². The Hall–Kier alpha value is -1.86. The summed E-state index contributed by atoms with van der Waals surface area (Å²) in [5.74, 6) is 2.75. The summed E-state index contributed by atoms with van der Waals surface area (Å²) in [4.78, 5) is 18.2. The molecule has 0 N–H and O–H groups in total. The third kappa shape index (κ3) is 2.00. The highest BCUT2D eigenvalue weighted by Gasteiger charge is 2.30. The molecule has 94 valence electrons. The Morgan fingerprint density at radius 1 is 1.42 bits per heavy atom. The van der Waals surface area contributed by atoms with Gasteiger partial charge in [-0.3, -0.25) is 9.78 Å². The van der Waals surface area contributed by atoms with Crippen LogP contribution >= 0.6 is 15.9 Å². The van der Waals surface area contributed by atoms with Gasteiger partial charge in [0, 0.05) is 34.9 Å². The summed E-state index contributed by atoms with van der Waals surface area (Å²) in [5, 5.41) is 0.961. The fraction of sp³-hybridized carbons (Fsp3) is 0.200. The normalized spacial score (nSPS) is 18.8. The number of carbonyl (C=O) groups excluding carboxylic acids is 1. The molecule has 1 aliphatic rings. The van der Waals surface area contributed by atoms with Gasteiger partial charge in [0.2, 0.25) is 5.91 Å². The van der Waals surface area contributed by atoms with Gasteiger partial charge in [0.25, 0.3) is 0 Å². The maximum Gasteiger partial charge on any atom is 0.228 e. The largest absolute Gasteiger partial charge is 0.310 e. The number of halogens is 1. The standard InChI is InChI=1S/C15H11BrN2O/c1-2-10-8-14(19)18(9-10)13-6-5-12(16)15-11(13)4-3-7-17-15/h1,3-7,10H,8-9H2. The van der Waals surface area contributed by atoms with Crippen LogP contribution in [0.25, 0.3) is 10.9 Å². The van der Waals surface area contributed by atoms with Crippen molar-refractivity contribution in [2.75, 3.05) is 11.4 Å². The average Bonchev–Trinajstić information content (AvgIpc) is 2.81. The highest BCUT2D eigenvalue weighted by atomic mass is 79.9. The van der Waals surface area contributed by atoms with Crippen molar-refractivity contribution in [3.63, 3.8) is 0 Å². The molecule has 1 fully saturated rings. The first kappa shape index (κ1) is 12.2. The molecular formula is C15H11BrN2O. The average molecular weight is 315 g/mol. The molecule has 2 aromatic rings.